The second-order valence-electron chi connectivity index (χ2n) is 5.84. The van der Waals surface area contributed by atoms with Gasteiger partial charge in [0.05, 0.1) is 12.5 Å². The number of carbonyl (C=O) groups excluding carboxylic acids is 1. The van der Waals surface area contributed by atoms with Crippen LogP contribution in [0.15, 0.2) is 12.1 Å². The topological polar surface area (TPSA) is 29.5 Å². The van der Waals surface area contributed by atoms with E-state index < -0.39 is 0 Å². The lowest BCUT2D eigenvalue weighted by Crippen LogP contribution is -2.31. The van der Waals surface area contributed by atoms with Crippen LogP contribution in [-0.2, 0) is 16.0 Å². The molecule has 4 heteroatoms. The molecule has 2 heterocycles. The van der Waals surface area contributed by atoms with Crippen LogP contribution in [-0.4, -0.2) is 37.1 Å². The molecule has 0 N–H and O–H groups in total. The Bertz CT molecular complexity index is 456. The first-order valence-corrected chi connectivity index (χ1v) is 7.83. The van der Waals surface area contributed by atoms with Crippen molar-refractivity contribution in [2.75, 3.05) is 20.2 Å². The van der Waals surface area contributed by atoms with E-state index in [1.54, 1.807) is 18.4 Å². The van der Waals surface area contributed by atoms with Crippen molar-refractivity contribution in [3.05, 3.63) is 21.9 Å². The number of hydrogen-bond acceptors (Lipinski definition) is 3. The zero-order chi connectivity index (χ0) is 13.4. The molecule has 3 nitrogen and oxygen atoms in total. The summed E-state index contributed by atoms with van der Waals surface area (Å²) < 4.78 is 5.44. The number of thiophene rings is 1. The molecule has 2 fully saturated rings. The lowest BCUT2D eigenvalue weighted by molar-refractivity contribution is -0.129. The van der Waals surface area contributed by atoms with Gasteiger partial charge in [0.25, 0.3) is 0 Å². The van der Waals surface area contributed by atoms with Gasteiger partial charge in [0.15, 0.2) is 0 Å². The van der Waals surface area contributed by atoms with Gasteiger partial charge in [0.1, 0.15) is 0 Å². The van der Waals surface area contributed by atoms with Crippen molar-refractivity contribution in [1.82, 2.24) is 4.90 Å². The molecule has 1 unspecified atom stereocenters. The SMILES string of the molecule is COC1C[C@@H]2CN(C(=O)Cc3ccc(C)s3)C[C@@H]2C1. The summed E-state index contributed by atoms with van der Waals surface area (Å²) in [5, 5.41) is 0. The van der Waals surface area contributed by atoms with Gasteiger partial charge in [-0.1, -0.05) is 0 Å². The maximum Gasteiger partial charge on any atom is 0.227 e. The quantitative estimate of drug-likeness (QED) is 0.850. The van der Waals surface area contributed by atoms with E-state index in [0.29, 0.717) is 30.3 Å². The van der Waals surface area contributed by atoms with Gasteiger partial charge in [-0.25, -0.2) is 0 Å². The predicted molar refractivity (Wildman–Crippen MR) is 76.4 cm³/mol. The van der Waals surface area contributed by atoms with E-state index in [1.165, 1.54) is 9.75 Å². The standard InChI is InChI=1S/C15H21NO2S/c1-10-3-4-14(19-10)7-15(17)16-8-11-5-13(18-2)6-12(11)9-16/h3-4,11-13H,5-9H2,1-2H3/t11-,12+,13?. The Labute approximate surface area is 118 Å². The molecule has 1 saturated heterocycles. The van der Waals surface area contributed by atoms with Crippen molar-refractivity contribution in [3.63, 3.8) is 0 Å². The molecular formula is C15H21NO2S. The summed E-state index contributed by atoms with van der Waals surface area (Å²) in [5.41, 5.74) is 0. The number of carbonyl (C=O) groups is 1. The molecule has 104 valence electrons. The van der Waals surface area contributed by atoms with Crippen LogP contribution in [0.1, 0.15) is 22.6 Å². The van der Waals surface area contributed by atoms with E-state index in [9.17, 15) is 4.79 Å². The summed E-state index contributed by atoms with van der Waals surface area (Å²) in [7, 11) is 1.80. The number of ether oxygens (including phenoxy) is 1. The van der Waals surface area contributed by atoms with Crippen LogP contribution < -0.4 is 0 Å². The summed E-state index contributed by atoms with van der Waals surface area (Å²) in [6, 6.07) is 4.17. The number of amides is 1. The van der Waals surface area contributed by atoms with E-state index in [2.05, 4.69) is 24.0 Å². The number of fused-ring (bicyclic) bond motifs is 1. The highest BCUT2D eigenvalue weighted by atomic mass is 32.1. The van der Waals surface area contributed by atoms with Crippen molar-refractivity contribution in [3.8, 4) is 0 Å². The molecule has 1 aromatic heterocycles. The van der Waals surface area contributed by atoms with Gasteiger partial charge >= 0.3 is 0 Å². The molecule has 19 heavy (non-hydrogen) atoms. The molecule has 1 saturated carbocycles. The summed E-state index contributed by atoms with van der Waals surface area (Å²) >= 11 is 1.73. The third kappa shape index (κ3) is 2.70. The first kappa shape index (κ1) is 13.1. The molecule has 0 radical (unpaired) electrons. The predicted octanol–water partition coefficient (Wildman–Crippen LogP) is 2.48. The maximum absolute atomic E-state index is 12.3. The van der Waals surface area contributed by atoms with Crippen molar-refractivity contribution >= 4 is 17.2 Å². The molecule has 0 aromatic carbocycles. The van der Waals surface area contributed by atoms with Gasteiger partial charge in [0.2, 0.25) is 5.91 Å². The molecule has 1 aliphatic heterocycles. The van der Waals surface area contributed by atoms with Gasteiger partial charge in [-0.3, -0.25) is 4.79 Å². The van der Waals surface area contributed by atoms with Gasteiger partial charge in [-0.05, 0) is 43.7 Å². The van der Waals surface area contributed by atoms with E-state index in [-0.39, 0.29) is 0 Å². The number of aryl methyl sites for hydroxylation is 1. The van der Waals surface area contributed by atoms with Gasteiger partial charge in [0, 0.05) is 30.0 Å². The summed E-state index contributed by atoms with van der Waals surface area (Å²) in [5.74, 6) is 1.63. The molecule has 1 aromatic rings. The summed E-state index contributed by atoms with van der Waals surface area (Å²) in [4.78, 5) is 16.8. The number of nitrogens with zero attached hydrogens (tertiary/aromatic N) is 1. The molecule has 0 spiro atoms. The maximum atomic E-state index is 12.3. The zero-order valence-electron chi connectivity index (χ0n) is 11.6. The molecule has 1 amide bonds. The second-order valence-corrected chi connectivity index (χ2v) is 7.21. The van der Waals surface area contributed by atoms with Crippen LogP contribution in [0.25, 0.3) is 0 Å². The fourth-order valence-electron chi connectivity index (χ4n) is 3.48. The Morgan fingerprint density at radius 2 is 2.05 bits per heavy atom. The number of hydrogen-bond donors (Lipinski definition) is 0. The van der Waals surface area contributed by atoms with Crippen molar-refractivity contribution < 1.29 is 9.53 Å². The van der Waals surface area contributed by atoms with Crippen LogP contribution in [0.5, 0.6) is 0 Å². The Hall–Kier alpha value is -0.870. The van der Waals surface area contributed by atoms with Crippen LogP contribution in [0, 0.1) is 18.8 Å². The summed E-state index contributed by atoms with van der Waals surface area (Å²) in [6.07, 6.45) is 3.25. The largest absolute Gasteiger partial charge is 0.381 e. The average Bonchev–Trinajstić information content (AvgIpc) is 3.02. The minimum Gasteiger partial charge on any atom is -0.381 e. The van der Waals surface area contributed by atoms with E-state index in [0.717, 1.165) is 25.9 Å². The smallest absolute Gasteiger partial charge is 0.227 e. The third-order valence-electron chi connectivity index (χ3n) is 4.52. The first-order valence-electron chi connectivity index (χ1n) is 7.01. The molecule has 1 aliphatic carbocycles. The zero-order valence-corrected chi connectivity index (χ0v) is 12.4. The normalized spacial score (nSPS) is 29.8. The highest BCUT2D eigenvalue weighted by Crippen LogP contribution is 2.39. The highest BCUT2D eigenvalue weighted by Gasteiger charge is 2.42. The number of methoxy groups -OCH3 is 1. The van der Waals surface area contributed by atoms with Crippen LogP contribution in [0.3, 0.4) is 0 Å². The van der Waals surface area contributed by atoms with Crippen LogP contribution in [0.2, 0.25) is 0 Å². The van der Waals surface area contributed by atoms with Gasteiger partial charge in [-0.2, -0.15) is 0 Å². The van der Waals surface area contributed by atoms with E-state index in [4.69, 9.17) is 4.74 Å². The van der Waals surface area contributed by atoms with Crippen LogP contribution in [0.4, 0.5) is 0 Å². The van der Waals surface area contributed by atoms with Gasteiger partial charge in [-0.15, -0.1) is 11.3 Å². The second kappa shape index (κ2) is 5.25. The van der Waals surface area contributed by atoms with Crippen molar-refractivity contribution in [2.24, 2.45) is 11.8 Å². The Balaban J connectivity index is 1.56. The Kier molecular flexibility index (Phi) is 3.63. The molecule has 3 atom stereocenters. The highest BCUT2D eigenvalue weighted by molar-refractivity contribution is 7.12. The lowest BCUT2D eigenvalue weighted by atomic mass is 10.0. The average molecular weight is 279 g/mol. The van der Waals surface area contributed by atoms with Crippen LogP contribution >= 0.6 is 11.3 Å². The van der Waals surface area contributed by atoms with E-state index >= 15 is 0 Å². The number of likely N-dealkylation sites (tertiary alicyclic amines) is 1. The first-order chi connectivity index (χ1) is 9.15. The Morgan fingerprint density at radius 1 is 1.37 bits per heavy atom. The molecule has 2 aliphatic rings. The molecule has 0 bridgehead atoms. The fraction of sp³-hybridized carbons (Fsp3) is 0.667. The monoisotopic (exact) mass is 279 g/mol. The summed E-state index contributed by atoms with van der Waals surface area (Å²) in [6.45, 7) is 3.96. The van der Waals surface area contributed by atoms with E-state index in [1.807, 2.05) is 0 Å². The minimum atomic E-state index is 0.296. The third-order valence-corrected chi connectivity index (χ3v) is 5.52. The minimum absolute atomic E-state index is 0.296. The molecule has 3 rings (SSSR count). The van der Waals surface area contributed by atoms with Crippen molar-refractivity contribution in [2.45, 2.75) is 32.3 Å². The molecular weight excluding hydrogens is 258 g/mol. The lowest BCUT2D eigenvalue weighted by Gasteiger charge is -2.18. The Morgan fingerprint density at radius 3 is 2.58 bits per heavy atom. The van der Waals surface area contributed by atoms with Gasteiger partial charge < -0.3 is 9.64 Å². The van der Waals surface area contributed by atoms with Crippen molar-refractivity contribution in [1.29, 1.82) is 0 Å². The number of rotatable bonds is 3. The fourth-order valence-corrected chi connectivity index (χ4v) is 4.36.